The quantitative estimate of drug-likeness (QED) is 0.824. The van der Waals surface area contributed by atoms with E-state index in [2.05, 4.69) is 4.90 Å². The van der Waals surface area contributed by atoms with Crippen LogP contribution < -0.4 is 0 Å². The number of carbonyl (C=O) groups excluding carboxylic acids is 1. The summed E-state index contributed by atoms with van der Waals surface area (Å²) in [5.41, 5.74) is -0.428. The van der Waals surface area contributed by atoms with Gasteiger partial charge in [0.15, 0.2) is 0 Å². The van der Waals surface area contributed by atoms with Crippen molar-refractivity contribution in [1.82, 2.24) is 9.80 Å². The average molecular weight is 266 g/mol. The zero-order valence-electron chi connectivity index (χ0n) is 11.9. The molecule has 0 aliphatic carbocycles. The number of carbonyl (C=O) groups is 1. The summed E-state index contributed by atoms with van der Waals surface area (Å²) in [6, 6.07) is 3.87. The molecule has 0 spiro atoms. The van der Waals surface area contributed by atoms with Crippen LogP contribution in [-0.4, -0.2) is 47.7 Å². The van der Waals surface area contributed by atoms with Gasteiger partial charge in [0.1, 0.15) is 11.4 Å². The SMILES string of the molecule is CC(C)(C)OC(=O)N1CCN(Cc2ccco2)CC1. The molecule has 1 aliphatic rings. The number of hydrogen-bond donors (Lipinski definition) is 0. The lowest BCUT2D eigenvalue weighted by Crippen LogP contribution is -2.49. The lowest BCUT2D eigenvalue weighted by Gasteiger charge is -2.35. The number of furan rings is 1. The highest BCUT2D eigenvalue weighted by Crippen LogP contribution is 2.13. The first kappa shape index (κ1) is 13.9. The molecule has 0 unspecified atom stereocenters. The topological polar surface area (TPSA) is 45.9 Å². The molecule has 0 aromatic carbocycles. The highest BCUT2D eigenvalue weighted by Gasteiger charge is 2.25. The number of nitrogens with zero attached hydrogens (tertiary/aromatic N) is 2. The van der Waals surface area contributed by atoms with E-state index >= 15 is 0 Å². The standard InChI is InChI=1S/C14H22N2O3/c1-14(2,3)19-13(17)16-8-6-15(7-9-16)11-12-5-4-10-18-12/h4-5,10H,6-9,11H2,1-3H3. The summed E-state index contributed by atoms with van der Waals surface area (Å²) in [5, 5.41) is 0. The second-order valence-electron chi connectivity index (χ2n) is 5.82. The van der Waals surface area contributed by atoms with Crippen molar-refractivity contribution >= 4 is 6.09 Å². The molecule has 19 heavy (non-hydrogen) atoms. The van der Waals surface area contributed by atoms with Gasteiger partial charge >= 0.3 is 6.09 Å². The predicted octanol–water partition coefficient (Wildman–Crippen LogP) is 2.33. The summed E-state index contributed by atoms with van der Waals surface area (Å²) in [4.78, 5) is 15.9. The Hall–Kier alpha value is -1.49. The maximum Gasteiger partial charge on any atom is 0.410 e. The van der Waals surface area contributed by atoms with Gasteiger partial charge in [-0.15, -0.1) is 0 Å². The Morgan fingerprint density at radius 2 is 2.00 bits per heavy atom. The van der Waals surface area contributed by atoms with Gasteiger partial charge in [-0.2, -0.15) is 0 Å². The molecular formula is C14H22N2O3. The first-order valence-corrected chi connectivity index (χ1v) is 6.67. The van der Waals surface area contributed by atoms with Gasteiger partial charge in [0.05, 0.1) is 12.8 Å². The van der Waals surface area contributed by atoms with E-state index in [1.165, 1.54) is 0 Å². The Bertz CT molecular complexity index is 401. The Balaban J connectivity index is 1.77. The van der Waals surface area contributed by atoms with E-state index in [9.17, 15) is 4.79 Å². The molecule has 106 valence electrons. The van der Waals surface area contributed by atoms with E-state index in [0.29, 0.717) is 13.1 Å². The first-order chi connectivity index (χ1) is 8.94. The van der Waals surface area contributed by atoms with Crippen LogP contribution in [0.4, 0.5) is 4.79 Å². The van der Waals surface area contributed by atoms with Gasteiger partial charge in [-0.3, -0.25) is 4.90 Å². The fraction of sp³-hybridized carbons (Fsp3) is 0.643. The number of amides is 1. The summed E-state index contributed by atoms with van der Waals surface area (Å²) in [7, 11) is 0. The second kappa shape index (κ2) is 5.65. The molecule has 5 nitrogen and oxygen atoms in total. The Morgan fingerprint density at radius 3 is 2.53 bits per heavy atom. The molecule has 0 bridgehead atoms. The van der Waals surface area contributed by atoms with Crippen molar-refractivity contribution in [3.63, 3.8) is 0 Å². The van der Waals surface area contributed by atoms with Crippen LogP contribution in [0.3, 0.4) is 0 Å². The molecule has 2 rings (SSSR count). The predicted molar refractivity (Wildman–Crippen MR) is 71.8 cm³/mol. The fourth-order valence-corrected chi connectivity index (χ4v) is 2.04. The zero-order chi connectivity index (χ0) is 13.9. The van der Waals surface area contributed by atoms with Crippen LogP contribution in [0.5, 0.6) is 0 Å². The summed E-state index contributed by atoms with van der Waals surface area (Å²) >= 11 is 0. The lowest BCUT2D eigenvalue weighted by molar-refractivity contribution is 0.0134. The highest BCUT2D eigenvalue weighted by atomic mass is 16.6. The third-order valence-electron chi connectivity index (χ3n) is 2.98. The summed E-state index contributed by atoms with van der Waals surface area (Å²) < 4.78 is 10.7. The number of piperazine rings is 1. The fourth-order valence-electron chi connectivity index (χ4n) is 2.04. The molecule has 0 radical (unpaired) electrons. The molecule has 1 aliphatic heterocycles. The van der Waals surface area contributed by atoms with Crippen molar-refractivity contribution in [2.45, 2.75) is 32.9 Å². The van der Waals surface area contributed by atoms with Crippen LogP contribution in [0.25, 0.3) is 0 Å². The molecule has 5 heteroatoms. The molecule has 0 N–H and O–H groups in total. The van der Waals surface area contributed by atoms with Crippen LogP contribution in [-0.2, 0) is 11.3 Å². The molecule has 1 saturated heterocycles. The smallest absolute Gasteiger partial charge is 0.410 e. The molecule has 1 aromatic rings. The van der Waals surface area contributed by atoms with Gasteiger partial charge in [0.2, 0.25) is 0 Å². The summed E-state index contributed by atoms with van der Waals surface area (Å²) in [6.07, 6.45) is 1.47. The Kier molecular flexibility index (Phi) is 4.14. The van der Waals surface area contributed by atoms with Crippen LogP contribution in [0.1, 0.15) is 26.5 Å². The van der Waals surface area contributed by atoms with Gasteiger partial charge < -0.3 is 14.1 Å². The third kappa shape index (κ3) is 4.28. The normalized spacial score (nSPS) is 17.5. The van der Waals surface area contributed by atoms with Crippen LogP contribution >= 0.6 is 0 Å². The van der Waals surface area contributed by atoms with E-state index < -0.39 is 5.60 Å². The molecule has 0 atom stereocenters. The Morgan fingerprint density at radius 1 is 1.32 bits per heavy atom. The minimum Gasteiger partial charge on any atom is -0.468 e. The molecule has 0 saturated carbocycles. The minimum absolute atomic E-state index is 0.217. The number of ether oxygens (including phenoxy) is 1. The summed E-state index contributed by atoms with van der Waals surface area (Å²) in [6.45, 7) is 9.56. The van der Waals surface area contributed by atoms with Crippen LogP contribution in [0.15, 0.2) is 22.8 Å². The van der Waals surface area contributed by atoms with Crippen LogP contribution in [0, 0.1) is 0 Å². The van der Waals surface area contributed by atoms with Gasteiger partial charge in [0, 0.05) is 26.2 Å². The van der Waals surface area contributed by atoms with Gasteiger partial charge in [-0.1, -0.05) is 0 Å². The van der Waals surface area contributed by atoms with Gasteiger partial charge in [-0.25, -0.2) is 4.79 Å². The number of rotatable bonds is 2. The van der Waals surface area contributed by atoms with E-state index in [1.807, 2.05) is 32.9 Å². The van der Waals surface area contributed by atoms with Gasteiger partial charge in [0.25, 0.3) is 0 Å². The largest absolute Gasteiger partial charge is 0.468 e. The molecule has 2 heterocycles. The van der Waals surface area contributed by atoms with Crippen molar-refractivity contribution in [3.8, 4) is 0 Å². The lowest BCUT2D eigenvalue weighted by atomic mass is 10.2. The van der Waals surface area contributed by atoms with Gasteiger partial charge in [-0.05, 0) is 32.9 Å². The zero-order valence-corrected chi connectivity index (χ0v) is 11.9. The maximum atomic E-state index is 11.9. The minimum atomic E-state index is -0.428. The summed E-state index contributed by atoms with van der Waals surface area (Å²) in [5.74, 6) is 0.964. The third-order valence-corrected chi connectivity index (χ3v) is 2.98. The number of hydrogen-bond acceptors (Lipinski definition) is 4. The van der Waals surface area contributed by atoms with Crippen molar-refractivity contribution in [1.29, 1.82) is 0 Å². The van der Waals surface area contributed by atoms with Crippen molar-refractivity contribution in [2.24, 2.45) is 0 Å². The van der Waals surface area contributed by atoms with E-state index in [4.69, 9.17) is 9.15 Å². The van der Waals surface area contributed by atoms with Crippen molar-refractivity contribution in [2.75, 3.05) is 26.2 Å². The van der Waals surface area contributed by atoms with E-state index in [-0.39, 0.29) is 6.09 Å². The van der Waals surface area contributed by atoms with Crippen molar-refractivity contribution in [3.05, 3.63) is 24.2 Å². The average Bonchev–Trinajstić information content (AvgIpc) is 2.80. The van der Waals surface area contributed by atoms with Crippen molar-refractivity contribution < 1.29 is 13.9 Å². The molecular weight excluding hydrogens is 244 g/mol. The molecule has 1 aromatic heterocycles. The maximum absolute atomic E-state index is 11.9. The van der Waals surface area contributed by atoms with E-state index in [0.717, 1.165) is 25.4 Å². The van der Waals surface area contributed by atoms with Crippen LogP contribution in [0.2, 0.25) is 0 Å². The second-order valence-corrected chi connectivity index (χ2v) is 5.82. The highest BCUT2D eigenvalue weighted by molar-refractivity contribution is 5.68. The first-order valence-electron chi connectivity index (χ1n) is 6.67. The molecule has 1 fully saturated rings. The Labute approximate surface area is 114 Å². The van der Waals surface area contributed by atoms with E-state index in [1.54, 1.807) is 11.2 Å². The molecule has 1 amide bonds. The monoisotopic (exact) mass is 266 g/mol.